The first-order chi connectivity index (χ1) is 14.9. The van der Waals surface area contributed by atoms with Crippen molar-refractivity contribution in [1.82, 2.24) is 0 Å². The van der Waals surface area contributed by atoms with Crippen molar-refractivity contribution in [2.75, 3.05) is 6.61 Å². The van der Waals surface area contributed by atoms with Crippen LogP contribution in [0.5, 0.6) is 0 Å². The van der Waals surface area contributed by atoms with E-state index in [1.54, 1.807) is 0 Å². The highest BCUT2D eigenvalue weighted by molar-refractivity contribution is 6.29. The van der Waals surface area contributed by atoms with Gasteiger partial charge in [0.05, 0.1) is 6.10 Å². The minimum atomic E-state index is -0.161. The Labute approximate surface area is 201 Å². The number of hydrogen-bond donors (Lipinski definition) is 2. The summed E-state index contributed by atoms with van der Waals surface area (Å²) in [5.74, 6) is 2.82. The predicted molar refractivity (Wildman–Crippen MR) is 132 cm³/mol. The minimum absolute atomic E-state index is 0.0115. The summed E-state index contributed by atoms with van der Waals surface area (Å²) >= 11 is 6.63. The summed E-state index contributed by atoms with van der Waals surface area (Å²) in [6.45, 7) is 17.1. The van der Waals surface area contributed by atoms with Gasteiger partial charge in [-0.15, -0.1) is 0 Å². The molecule has 0 radical (unpaired) electrons. The van der Waals surface area contributed by atoms with Crippen LogP contribution in [0.15, 0.2) is 11.6 Å². The first kappa shape index (κ1) is 23.7. The van der Waals surface area contributed by atoms with Crippen LogP contribution in [-0.2, 0) is 0 Å². The Morgan fingerprint density at radius 3 is 2.22 bits per heavy atom. The first-order valence-corrected chi connectivity index (χ1v) is 13.9. The van der Waals surface area contributed by atoms with Crippen molar-refractivity contribution in [2.24, 2.45) is 56.7 Å². The molecule has 0 amide bonds. The van der Waals surface area contributed by atoms with Crippen LogP contribution >= 0.6 is 11.6 Å². The lowest BCUT2D eigenvalue weighted by Gasteiger charge is -2.73. The molecule has 2 N–H and O–H groups in total. The van der Waals surface area contributed by atoms with Gasteiger partial charge in [-0.3, -0.25) is 0 Å². The van der Waals surface area contributed by atoms with Gasteiger partial charge >= 0.3 is 0 Å². The fraction of sp³-hybridized carbons (Fsp3) is 0.931. The number of aliphatic hydroxyl groups excluding tert-OH is 2. The average Bonchev–Trinajstić information content (AvgIpc) is 3.12. The van der Waals surface area contributed by atoms with E-state index in [2.05, 4.69) is 41.2 Å². The zero-order valence-corrected chi connectivity index (χ0v) is 22.0. The largest absolute Gasteiger partial charge is 0.396 e. The summed E-state index contributed by atoms with van der Waals surface area (Å²) in [5, 5.41) is 22.3. The molecule has 0 saturated heterocycles. The maximum Gasteiger partial charge on any atom is 0.0594 e. The molecule has 5 fully saturated rings. The normalized spacial score (nSPS) is 56.5. The molecule has 0 aromatic carbocycles. The molecule has 0 heterocycles. The van der Waals surface area contributed by atoms with Crippen molar-refractivity contribution in [1.29, 1.82) is 0 Å². The van der Waals surface area contributed by atoms with Gasteiger partial charge in [0, 0.05) is 11.6 Å². The van der Waals surface area contributed by atoms with Crippen molar-refractivity contribution >= 4 is 11.6 Å². The quantitative estimate of drug-likeness (QED) is 0.456. The van der Waals surface area contributed by atoms with Crippen LogP contribution in [0.1, 0.15) is 98.8 Å². The Morgan fingerprint density at radius 2 is 1.56 bits per heavy atom. The Morgan fingerprint density at radius 1 is 0.844 bits per heavy atom. The van der Waals surface area contributed by atoms with Gasteiger partial charge in [0.2, 0.25) is 0 Å². The Hall–Kier alpha value is -0.0500. The zero-order valence-electron chi connectivity index (χ0n) is 21.2. The maximum absolute atomic E-state index is 10.9. The van der Waals surface area contributed by atoms with E-state index >= 15 is 0 Å². The molecule has 182 valence electrons. The number of halogens is 1. The number of aliphatic hydroxyl groups is 2. The van der Waals surface area contributed by atoms with Crippen LogP contribution in [0.25, 0.3) is 0 Å². The van der Waals surface area contributed by atoms with E-state index < -0.39 is 0 Å². The van der Waals surface area contributed by atoms with E-state index in [0.717, 1.165) is 36.6 Å². The zero-order chi connectivity index (χ0) is 23.3. The fourth-order valence-electron chi connectivity index (χ4n) is 11.3. The van der Waals surface area contributed by atoms with E-state index in [9.17, 15) is 10.2 Å². The molecule has 5 rings (SSSR count). The molecule has 10 atom stereocenters. The van der Waals surface area contributed by atoms with E-state index in [-0.39, 0.29) is 16.9 Å². The molecule has 0 aromatic heterocycles. The summed E-state index contributed by atoms with van der Waals surface area (Å²) in [6, 6.07) is 0. The Kier molecular flexibility index (Phi) is 5.35. The van der Waals surface area contributed by atoms with Crippen molar-refractivity contribution < 1.29 is 10.2 Å². The molecule has 0 bridgehead atoms. The monoisotopic (exact) mass is 462 g/mol. The molecule has 0 aliphatic heterocycles. The number of fused-ring (bicyclic) bond motifs is 7. The van der Waals surface area contributed by atoms with E-state index in [0.29, 0.717) is 46.5 Å². The third kappa shape index (κ3) is 2.73. The molecule has 0 aromatic rings. The standard InChI is InChI=1S/C29H47ClO2/c1-18(30)19-9-14-29(17-31)16-15-27(5)20(24(19)29)7-8-22-26(4)12-11-23(32)25(2,3)21(26)10-13-28(22,27)6/h19-24,31-32H,1,7-17H2,2-6H3/t19-,20+,21-,22+,23-,24+,26-,27+,28+,29+/m0/s1. The fourth-order valence-corrected chi connectivity index (χ4v) is 11.6. The topological polar surface area (TPSA) is 40.5 Å². The second kappa shape index (κ2) is 7.23. The summed E-state index contributed by atoms with van der Waals surface area (Å²) in [5.41, 5.74) is 1.01. The lowest BCUT2D eigenvalue weighted by Crippen LogP contribution is -2.66. The van der Waals surface area contributed by atoms with Crippen LogP contribution in [0.2, 0.25) is 0 Å². The van der Waals surface area contributed by atoms with Crippen LogP contribution < -0.4 is 0 Å². The highest BCUT2D eigenvalue weighted by Gasteiger charge is 2.70. The Balaban J connectivity index is 1.55. The van der Waals surface area contributed by atoms with Gasteiger partial charge in [-0.05, 0) is 121 Å². The van der Waals surface area contributed by atoms with Gasteiger partial charge in [0.15, 0.2) is 0 Å². The molecule has 0 unspecified atom stereocenters. The van der Waals surface area contributed by atoms with Crippen molar-refractivity contribution in [2.45, 2.75) is 105 Å². The Bertz CT molecular complexity index is 792. The second-order valence-corrected chi connectivity index (χ2v) is 14.7. The van der Waals surface area contributed by atoms with E-state index in [4.69, 9.17) is 11.6 Å². The molecule has 5 aliphatic rings. The minimum Gasteiger partial charge on any atom is -0.396 e. The molecule has 5 saturated carbocycles. The summed E-state index contributed by atoms with van der Waals surface area (Å²) in [4.78, 5) is 0. The third-order valence-electron chi connectivity index (χ3n) is 13.3. The number of rotatable bonds is 2. The smallest absolute Gasteiger partial charge is 0.0594 e. The van der Waals surface area contributed by atoms with Crippen LogP contribution in [0.3, 0.4) is 0 Å². The third-order valence-corrected chi connectivity index (χ3v) is 13.6. The highest BCUT2D eigenvalue weighted by Crippen LogP contribution is 2.77. The SMILES string of the molecule is C=C(Cl)[C@@H]1CC[C@]2(CO)CC[C@]3(C)[C@H](CC[C@@H]4[C@@]5(C)CC[C@H](O)C(C)(C)[C@@H]5CC[C@]43C)[C@@H]12. The molecule has 2 nitrogen and oxygen atoms in total. The molecule has 3 heteroatoms. The van der Waals surface area contributed by atoms with Crippen molar-refractivity contribution in [3.05, 3.63) is 11.6 Å². The van der Waals surface area contributed by atoms with Gasteiger partial charge in [-0.25, -0.2) is 0 Å². The van der Waals surface area contributed by atoms with E-state index in [1.165, 1.54) is 38.5 Å². The van der Waals surface area contributed by atoms with Crippen LogP contribution in [0.4, 0.5) is 0 Å². The number of hydrogen-bond acceptors (Lipinski definition) is 2. The van der Waals surface area contributed by atoms with Crippen LogP contribution in [0, 0.1) is 56.7 Å². The summed E-state index contributed by atoms with van der Waals surface area (Å²) in [7, 11) is 0. The van der Waals surface area contributed by atoms with Gasteiger partial charge in [0.1, 0.15) is 0 Å². The van der Waals surface area contributed by atoms with Crippen LogP contribution in [-0.4, -0.2) is 22.9 Å². The van der Waals surface area contributed by atoms with Gasteiger partial charge in [-0.1, -0.05) is 52.8 Å². The van der Waals surface area contributed by atoms with Crippen molar-refractivity contribution in [3.8, 4) is 0 Å². The predicted octanol–water partition coefficient (Wildman–Crippen LogP) is 7.17. The van der Waals surface area contributed by atoms with Crippen molar-refractivity contribution in [3.63, 3.8) is 0 Å². The molecular formula is C29H47ClO2. The lowest BCUT2D eigenvalue weighted by atomic mass is 9.32. The molecule has 32 heavy (non-hydrogen) atoms. The first-order valence-electron chi connectivity index (χ1n) is 13.5. The van der Waals surface area contributed by atoms with Gasteiger partial charge in [-0.2, -0.15) is 0 Å². The molecular weight excluding hydrogens is 416 g/mol. The molecule has 5 aliphatic carbocycles. The van der Waals surface area contributed by atoms with Gasteiger partial charge < -0.3 is 10.2 Å². The molecule has 0 spiro atoms. The lowest BCUT2D eigenvalue weighted by molar-refractivity contribution is -0.249. The highest BCUT2D eigenvalue weighted by atomic mass is 35.5. The van der Waals surface area contributed by atoms with E-state index in [1.807, 2.05) is 0 Å². The summed E-state index contributed by atoms with van der Waals surface area (Å²) in [6.07, 6.45) is 11.7. The summed E-state index contributed by atoms with van der Waals surface area (Å²) < 4.78 is 0. The number of allylic oxidation sites excluding steroid dienone is 1. The van der Waals surface area contributed by atoms with Gasteiger partial charge in [0.25, 0.3) is 0 Å². The maximum atomic E-state index is 10.9. The average molecular weight is 463 g/mol. The second-order valence-electron chi connectivity index (χ2n) is 14.2.